The molecule has 0 aliphatic carbocycles. The first kappa shape index (κ1) is 17.4. The van der Waals surface area contributed by atoms with Gasteiger partial charge in [0.15, 0.2) is 5.72 Å². The number of hydrogen-bond donors (Lipinski definition) is 2. The second-order valence-corrected chi connectivity index (χ2v) is 5.89. The maximum Gasteiger partial charge on any atom is 0.275 e. The van der Waals surface area contributed by atoms with E-state index in [1.54, 1.807) is 24.3 Å². The maximum absolute atomic E-state index is 12.9. The third-order valence-electron chi connectivity index (χ3n) is 4.16. The summed E-state index contributed by atoms with van der Waals surface area (Å²) in [6, 6.07) is 11.9. The number of ether oxygens (including phenoxy) is 1. The summed E-state index contributed by atoms with van der Waals surface area (Å²) >= 11 is 0. The molecular formula is C18H17N3O5. The van der Waals surface area contributed by atoms with Crippen molar-refractivity contribution in [2.75, 3.05) is 7.11 Å². The van der Waals surface area contributed by atoms with Crippen molar-refractivity contribution in [3.05, 3.63) is 82.0 Å². The van der Waals surface area contributed by atoms with Gasteiger partial charge in [0.2, 0.25) is 0 Å². The lowest BCUT2D eigenvalue weighted by atomic mass is 9.98. The first-order valence-corrected chi connectivity index (χ1v) is 7.75. The van der Waals surface area contributed by atoms with Crippen LogP contribution >= 0.6 is 0 Å². The molecule has 1 amide bonds. The van der Waals surface area contributed by atoms with Crippen molar-refractivity contribution in [1.29, 1.82) is 0 Å². The number of benzene rings is 2. The van der Waals surface area contributed by atoms with Crippen molar-refractivity contribution >= 4 is 11.6 Å². The minimum atomic E-state index is -1.79. The fourth-order valence-corrected chi connectivity index (χ4v) is 2.85. The summed E-state index contributed by atoms with van der Waals surface area (Å²) in [5.74, 6) is 0.0922. The number of aliphatic hydroxyl groups is 1. The van der Waals surface area contributed by atoms with Crippen molar-refractivity contribution in [1.82, 2.24) is 10.4 Å². The number of hydrogen-bond acceptors (Lipinski definition) is 6. The second-order valence-electron chi connectivity index (χ2n) is 5.89. The highest BCUT2D eigenvalue weighted by Crippen LogP contribution is 2.38. The van der Waals surface area contributed by atoms with E-state index in [9.17, 15) is 20.0 Å². The Morgan fingerprint density at radius 2 is 2.04 bits per heavy atom. The molecule has 0 aromatic heterocycles. The van der Waals surface area contributed by atoms with Gasteiger partial charge in [-0.05, 0) is 24.3 Å². The maximum atomic E-state index is 12.9. The van der Waals surface area contributed by atoms with Gasteiger partial charge >= 0.3 is 0 Å². The smallest absolute Gasteiger partial charge is 0.275 e. The van der Waals surface area contributed by atoms with Crippen LogP contribution in [0.5, 0.6) is 5.75 Å². The predicted molar refractivity (Wildman–Crippen MR) is 93.0 cm³/mol. The van der Waals surface area contributed by atoms with Crippen LogP contribution in [0.3, 0.4) is 0 Å². The van der Waals surface area contributed by atoms with Crippen molar-refractivity contribution in [3.8, 4) is 5.75 Å². The molecule has 1 aliphatic heterocycles. The molecule has 0 radical (unpaired) electrons. The van der Waals surface area contributed by atoms with Crippen LogP contribution in [0.15, 0.2) is 60.8 Å². The Balaban J connectivity index is 1.99. The van der Waals surface area contributed by atoms with Crippen LogP contribution in [0.25, 0.3) is 0 Å². The van der Waals surface area contributed by atoms with Gasteiger partial charge in [0.25, 0.3) is 11.6 Å². The number of non-ortho nitro benzene ring substituents is 1. The Morgan fingerprint density at radius 3 is 2.65 bits per heavy atom. The molecule has 2 N–H and O–H groups in total. The van der Waals surface area contributed by atoms with Crippen molar-refractivity contribution in [2.24, 2.45) is 0 Å². The Bertz CT molecular complexity index is 881. The molecule has 1 saturated heterocycles. The van der Waals surface area contributed by atoms with Gasteiger partial charge in [0.05, 0.1) is 12.0 Å². The summed E-state index contributed by atoms with van der Waals surface area (Å²) in [4.78, 5) is 23.4. The van der Waals surface area contributed by atoms with Crippen molar-refractivity contribution in [3.63, 3.8) is 0 Å². The molecule has 1 heterocycles. The summed E-state index contributed by atoms with van der Waals surface area (Å²) in [7, 11) is 1.52. The predicted octanol–water partition coefficient (Wildman–Crippen LogP) is 2.31. The van der Waals surface area contributed by atoms with Gasteiger partial charge in [-0.3, -0.25) is 20.3 Å². The van der Waals surface area contributed by atoms with Crippen LogP contribution in [0, 0.1) is 10.1 Å². The van der Waals surface area contributed by atoms with Gasteiger partial charge in [-0.15, -0.1) is 0 Å². The molecular weight excluding hydrogens is 338 g/mol. The molecule has 26 heavy (non-hydrogen) atoms. The molecule has 8 nitrogen and oxygen atoms in total. The van der Waals surface area contributed by atoms with Gasteiger partial charge < -0.3 is 9.84 Å². The lowest BCUT2D eigenvalue weighted by molar-refractivity contribution is -0.385. The number of methoxy groups -OCH3 is 1. The minimum absolute atomic E-state index is 0.00998. The van der Waals surface area contributed by atoms with E-state index in [0.29, 0.717) is 17.0 Å². The average molecular weight is 355 g/mol. The molecule has 134 valence electrons. The van der Waals surface area contributed by atoms with E-state index in [0.717, 1.165) is 5.01 Å². The Morgan fingerprint density at radius 1 is 1.35 bits per heavy atom. The summed E-state index contributed by atoms with van der Waals surface area (Å²) in [5.41, 5.74) is 1.75. The summed E-state index contributed by atoms with van der Waals surface area (Å²) in [6.45, 7) is 3.77. The number of nitro groups is 1. The molecule has 0 bridgehead atoms. The molecule has 0 saturated carbocycles. The number of rotatable bonds is 4. The highest BCUT2D eigenvalue weighted by Gasteiger charge is 2.46. The number of nitrogens with one attached hydrogen (secondary N) is 1. The van der Waals surface area contributed by atoms with Crippen LogP contribution in [-0.2, 0) is 5.72 Å². The quantitative estimate of drug-likeness (QED) is 0.644. The van der Waals surface area contributed by atoms with Crippen LogP contribution in [0.4, 0.5) is 5.69 Å². The Hall–Kier alpha value is -3.39. The molecule has 3 rings (SSSR count). The van der Waals surface area contributed by atoms with E-state index >= 15 is 0 Å². The summed E-state index contributed by atoms with van der Waals surface area (Å²) in [6.07, 6.45) is 0.00998. The van der Waals surface area contributed by atoms with Crippen molar-refractivity contribution < 1.29 is 19.6 Å². The number of nitro benzene ring substituents is 1. The van der Waals surface area contributed by atoms with E-state index in [2.05, 4.69) is 12.0 Å². The zero-order chi connectivity index (χ0) is 18.9. The van der Waals surface area contributed by atoms with E-state index in [-0.39, 0.29) is 17.7 Å². The highest BCUT2D eigenvalue weighted by atomic mass is 16.6. The lowest BCUT2D eigenvalue weighted by Gasteiger charge is -2.32. The largest absolute Gasteiger partial charge is 0.497 e. The fraction of sp³-hybridized carbons (Fsp3) is 0.167. The SMILES string of the molecule is C=C1CC(O)(c2cccc([N+](=O)[O-])c2)N(C(=O)c2ccc(OC)cc2)N1. The van der Waals surface area contributed by atoms with Crippen molar-refractivity contribution in [2.45, 2.75) is 12.1 Å². The molecule has 2 aromatic rings. The van der Waals surface area contributed by atoms with E-state index in [1.807, 2.05) is 0 Å². The zero-order valence-electron chi connectivity index (χ0n) is 14.0. The topological polar surface area (TPSA) is 105 Å². The normalized spacial score (nSPS) is 19.2. The van der Waals surface area contributed by atoms with Gasteiger partial charge in [-0.25, -0.2) is 5.01 Å². The molecule has 2 aromatic carbocycles. The molecule has 1 fully saturated rings. The number of hydrazine groups is 1. The van der Waals surface area contributed by atoms with Gasteiger partial charge in [0, 0.05) is 35.4 Å². The second kappa shape index (κ2) is 6.49. The molecule has 1 unspecified atom stereocenters. The number of amides is 1. The fourth-order valence-electron chi connectivity index (χ4n) is 2.85. The first-order chi connectivity index (χ1) is 12.3. The third-order valence-corrected chi connectivity index (χ3v) is 4.16. The van der Waals surface area contributed by atoms with Crippen LogP contribution in [0.1, 0.15) is 22.3 Å². The summed E-state index contributed by atoms with van der Waals surface area (Å²) in [5, 5.41) is 23.2. The lowest BCUT2D eigenvalue weighted by Crippen LogP contribution is -2.49. The monoisotopic (exact) mass is 355 g/mol. The van der Waals surface area contributed by atoms with Crippen LogP contribution in [0.2, 0.25) is 0 Å². The first-order valence-electron chi connectivity index (χ1n) is 7.75. The van der Waals surface area contributed by atoms with E-state index in [1.165, 1.54) is 31.4 Å². The molecule has 1 atom stereocenters. The van der Waals surface area contributed by atoms with Gasteiger partial charge in [0.1, 0.15) is 5.75 Å². The van der Waals surface area contributed by atoms with Gasteiger partial charge in [-0.2, -0.15) is 0 Å². The van der Waals surface area contributed by atoms with Crippen LogP contribution in [-0.4, -0.2) is 28.1 Å². The van der Waals surface area contributed by atoms with Crippen LogP contribution < -0.4 is 10.2 Å². The summed E-state index contributed by atoms with van der Waals surface area (Å²) < 4.78 is 5.07. The van der Waals surface area contributed by atoms with E-state index in [4.69, 9.17) is 4.74 Å². The standard InChI is InChI=1S/C18H17N3O5/c1-12-11-18(23,14-4-3-5-15(10-14)21(24)25)20(19-12)17(22)13-6-8-16(26-2)9-7-13/h3-10,19,23H,1,11H2,2H3. The third kappa shape index (κ3) is 2.98. The average Bonchev–Trinajstić information content (AvgIpc) is 2.97. The number of nitrogens with zero attached hydrogens (tertiary/aromatic N) is 2. The molecule has 8 heteroatoms. The Labute approximate surface area is 149 Å². The number of carbonyl (C=O) groups is 1. The zero-order valence-corrected chi connectivity index (χ0v) is 14.0. The van der Waals surface area contributed by atoms with Gasteiger partial charge in [-0.1, -0.05) is 18.7 Å². The molecule has 0 spiro atoms. The minimum Gasteiger partial charge on any atom is -0.497 e. The number of carbonyl (C=O) groups excluding carboxylic acids is 1. The molecule has 1 aliphatic rings. The van der Waals surface area contributed by atoms with E-state index < -0.39 is 16.6 Å². The Kier molecular flexibility index (Phi) is 4.35. The highest BCUT2D eigenvalue weighted by molar-refractivity contribution is 5.95.